The summed E-state index contributed by atoms with van der Waals surface area (Å²) in [4.78, 5) is 3.61. The van der Waals surface area contributed by atoms with E-state index >= 15 is 0 Å². The van der Waals surface area contributed by atoms with Gasteiger partial charge in [0, 0.05) is 42.3 Å². The fraction of sp³-hybridized carbons (Fsp3) is 0.500. The number of thioether (sulfide) groups is 1. The van der Waals surface area contributed by atoms with Gasteiger partial charge in [0.05, 0.1) is 13.3 Å². The molecular formula is C18H26N4OS. The van der Waals surface area contributed by atoms with Crippen molar-refractivity contribution in [1.82, 2.24) is 20.0 Å². The minimum absolute atomic E-state index is 0.308. The Morgan fingerprint density at radius 2 is 2.29 bits per heavy atom. The average molecular weight is 347 g/mol. The Kier molecular flexibility index (Phi) is 5.48. The second kappa shape index (κ2) is 7.59. The SMILES string of the molecule is COc1ccc2c(c1)[C@@H](NC[C@@H](c1cnn(C)c1)N(C)C)CCS2. The molecular weight excluding hydrogens is 320 g/mol. The van der Waals surface area contributed by atoms with E-state index in [9.17, 15) is 0 Å². The van der Waals surface area contributed by atoms with Crippen molar-refractivity contribution in [2.45, 2.75) is 23.4 Å². The summed E-state index contributed by atoms with van der Waals surface area (Å²) < 4.78 is 7.27. The molecule has 0 saturated heterocycles. The van der Waals surface area contributed by atoms with Crippen LogP contribution in [0.15, 0.2) is 35.5 Å². The van der Waals surface area contributed by atoms with Crippen LogP contribution in [0.4, 0.5) is 0 Å². The Morgan fingerprint density at radius 3 is 2.96 bits per heavy atom. The van der Waals surface area contributed by atoms with Crippen molar-refractivity contribution in [3.8, 4) is 5.75 Å². The van der Waals surface area contributed by atoms with Crippen molar-refractivity contribution < 1.29 is 4.74 Å². The number of nitrogens with zero attached hydrogens (tertiary/aromatic N) is 3. The number of fused-ring (bicyclic) bond motifs is 1. The van der Waals surface area contributed by atoms with Gasteiger partial charge in [0.15, 0.2) is 0 Å². The third-order valence-corrected chi connectivity index (χ3v) is 5.67. The van der Waals surface area contributed by atoms with Gasteiger partial charge in [-0.25, -0.2) is 0 Å². The first-order chi connectivity index (χ1) is 11.6. The molecule has 0 unspecified atom stereocenters. The molecule has 2 atom stereocenters. The minimum atomic E-state index is 0.308. The lowest BCUT2D eigenvalue weighted by Crippen LogP contribution is -2.34. The lowest BCUT2D eigenvalue weighted by molar-refractivity contribution is 0.277. The second-order valence-corrected chi connectivity index (χ2v) is 7.57. The smallest absolute Gasteiger partial charge is 0.119 e. The molecule has 0 spiro atoms. The summed E-state index contributed by atoms with van der Waals surface area (Å²) in [5.74, 6) is 2.08. The maximum absolute atomic E-state index is 5.41. The molecule has 0 radical (unpaired) electrons. The van der Waals surface area contributed by atoms with Crippen molar-refractivity contribution >= 4 is 11.8 Å². The highest BCUT2D eigenvalue weighted by atomic mass is 32.2. The van der Waals surface area contributed by atoms with Crippen LogP contribution in [0.1, 0.15) is 29.6 Å². The molecule has 24 heavy (non-hydrogen) atoms. The number of hydrogen-bond donors (Lipinski definition) is 1. The number of rotatable bonds is 6. The van der Waals surface area contributed by atoms with E-state index in [-0.39, 0.29) is 0 Å². The van der Waals surface area contributed by atoms with Crippen LogP contribution in [-0.4, -0.2) is 48.2 Å². The van der Waals surface area contributed by atoms with Crippen LogP contribution < -0.4 is 10.1 Å². The van der Waals surface area contributed by atoms with Gasteiger partial charge < -0.3 is 15.0 Å². The zero-order valence-electron chi connectivity index (χ0n) is 14.8. The molecule has 1 N–H and O–H groups in total. The lowest BCUT2D eigenvalue weighted by atomic mass is 10.0. The molecule has 0 bridgehead atoms. The summed E-state index contributed by atoms with van der Waals surface area (Å²) in [6.07, 6.45) is 5.19. The molecule has 130 valence electrons. The van der Waals surface area contributed by atoms with Gasteiger partial charge >= 0.3 is 0 Å². The third kappa shape index (κ3) is 3.77. The van der Waals surface area contributed by atoms with E-state index in [2.05, 4.69) is 47.7 Å². The predicted octanol–water partition coefficient (Wildman–Crippen LogP) is 2.86. The molecule has 5 nitrogen and oxygen atoms in total. The number of aryl methyl sites for hydroxylation is 1. The van der Waals surface area contributed by atoms with Crippen LogP contribution in [0.25, 0.3) is 0 Å². The van der Waals surface area contributed by atoms with Crippen molar-refractivity contribution in [3.05, 3.63) is 41.7 Å². The van der Waals surface area contributed by atoms with E-state index in [1.54, 1.807) is 7.11 Å². The van der Waals surface area contributed by atoms with E-state index in [0.717, 1.165) is 24.5 Å². The Bertz CT molecular complexity index is 685. The maximum atomic E-state index is 5.41. The Hall–Kier alpha value is -1.50. The summed E-state index contributed by atoms with van der Waals surface area (Å²) >= 11 is 1.93. The first kappa shape index (κ1) is 17.3. The molecule has 0 amide bonds. The third-order valence-electron chi connectivity index (χ3n) is 4.55. The lowest BCUT2D eigenvalue weighted by Gasteiger charge is -2.30. The normalized spacial score (nSPS) is 18.5. The first-order valence-corrected chi connectivity index (χ1v) is 9.26. The average Bonchev–Trinajstić information content (AvgIpc) is 3.00. The number of aromatic nitrogens is 2. The van der Waals surface area contributed by atoms with Crippen molar-refractivity contribution in [1.29, 1.82) is 0 Å². The van der Waals surface area contributed by atoms with E-state index < -0.39 is 0 Å². The number of methoxy groups -OCH3 is 1. The van der Waals surface area contributed by atoms with Crippen LogP contribution in [0.2, 0.25) is 0 Å². The fourth-order valence-corrected chi connectivity index (χ4v) is 4.28. The second-order valence-electron chi connectivity index (χ2n) is 6.43. The molecule has 1 aliphatic heterocycles. The van der Waals surface area contributed by atoms with Gasteiger partial charge in [-0.3, -0.25) is 4.68 Å². The van der Waals surface area contributed by atoms with E-state index in [1.807, 2.05) is 35.8 Å². The van der Waals surface area contributed by atoms with Crippen molar-refractivity contribution in [2.75, 3.05) is 33.5 Å². The summed E-state index contributed by atoms with van der Waals surface area (Å²) in [7, 11) is 7.93. The maximum Gasteiger partial charge on any atom is 0.119 e. The molecule has 0 fully saturated rings. The predicted molar refractivity (Wildman–Crippen MR) is 98.7 cm³/mol. The molecule has 1 aromatic carbocycles. The largest absolute Gasteiger partial charge is 0.497 e. The van der Waals surface area contributed by atoms with E-state index in [1.165, 1.54) is 16.0 Å². The molecule has 6 heteroatoms. The molecule has 3 rings (SSSR count). The summed E-state index contributed by atoms with van der Waals surface area (Å²) in [6, 6.07) is 7.08. The van der Waals surface area contributed by atoms with Gasteiger partial charge in [0.1, 0.15) is 5.75 Å². The van der Waals surface area contributed by atoms with Gasteiger partial charge in [-0.05, 0) is 50.0 Å². The van der Waals surface area contributed by atoms with Gasteiger partial charge in [0.2, 0.25) is 0 Å². The van der Waals surface area contributed by atoms with E-state index in [4.69, 9.17) is 4.74 Å². The van der Waals surface area contributed by atoms with Crippen LogP contribution in [0.5, 0.6) is 5.75 Å². The van der Waals surface area contributed by atoms with Crippen molar-refractivity contribution in [2.24, 2.45) is 7.05 Å². The van der Waals surface area contributed by atoms with Gasteiger partial charge in [-0.2, -0.15) is 5.10 Å². The number of benzene rings is 1. The Morgan fingerprint density at radius 1 is 1.46 bits per heavy atom. The fourth-order valence-electron chi connectivity index (χ4n) is 3.18. The van der Waals surface area contributed by atoms with Crippen LogP contribution in [0, 0.1) is 0 Å². The standard InChI is InChI=1S/C18H26N4OS/c1-21(2)17(13-10-20-22(3)12-13)11-19-16-7-8-24-18-6-5-14(23-4)9-15(16)18/h5-6,9-10,12,16-17,19H,7-8,11H2,1-4H3/t16-,17-/m0/s1. The van der Waals surface area contributed by atoms with E-state index in [0.29, 0.717) is 12.1 Å². The van der Waals surface area contributed by atoms with Crippen LogP contribution in [-0.2, 0) is 7.05 Å². The highest BCUT2D eigenvalue weighted by Gasteiger charge is 2.23. The number of ether oxygens (including phenoxy) is 1. The number of hydrogen-bond acceptors (Lipinski definition) is 5. The zero-order chi connectivity index (χ0) is 17.1. The number of likely N-dealkylation sites (N-methyl/N-ethyl adjacent to an activating group) is 1. The monoisotopic (exact) mass is 346 g/mol. The van der Waals surface area contributed by atoms with Crippen LogP contribution >= 0.6 is 11.8 Å². The molecule has 0 aliphatic carbocycles. The van der Waals surface area contributed by atoms with Crippen molar-refractivity contribution in [3.63, 3.8) is 0 Å². The zero-order valence-corrected chi connectivity index (χ0v) is 15.6. The Labute approximate surface area is 148 Å². The topological polar surface area (TPSA) is 42.3 Å². The first-order valence-electron chi connectivity index (χ1n) is 8.27. The summed E-state index contributed by atoms with van der Waals surface area (Å²) in [5, 5.41) is 8.09. The molecule has 2 heterocycles. The van der Waals surface area contributed by atoms with Gasteiger partial charge in [-0.15, -0.1) is 11.8 Å². The molecule has 2 aromatic rings. The minimum Gasteiger partial charge on any atom is -0.497 e. The van der Waals surface area contributed by atoms with Gasteiger partial charge in [-0.1, -0.05) is 0 Å². The summed E-state index contributed by atoms with van der Waals surface area (Å²) in [6.45, 7) is 0.894. The molecule has 1 aromatic heterocycles. The van der Waals surface area contributed by atoms with Gasteiger partial charge in [0.25, 0.3) is 0 Å². The number of nitrogens with one attached hydrogen (secondary N) is 1. The highest BCUT2D eigenvalue weighted by molar-refractivity contribution is 7.99. The molecule has 1 aliphatic rings. The Balaban J connectivity index is 1.74. The quantitative estimate of drug-likeness (QED) is 0.871. The highest BCUT2D eigenvalue weighted by Crippen LogP contribution is 2.38. The molecule has 0 saturated carbocycles. The summed E-state index contributed by atoms with van der Waals surface area (Å²) in [5.41, 5.74) is 2.60. The van der Waals surface area contributed by atoms with Crippen LogP contribution in [0.3, 0.4) is 0 Å².